The number of hydrogen-bond donors (Lipinski definition) is 0. The van der Waals surface area contributed by atoms with Gasteiger partial charge in [0.2, 0.25) is 6.29 Å². The largest absolute Gasteiger partial charge is 0.385 e. The number of rotatable bonds is 7. The zero-order chi connectivity index (χ0) is 11.8. The lowest BCUT2D eigenvalue weighted by Gasteiger charge is -2.12. The zero-order valence-corrected chi connectivity index (χ0v) is 9.97. The zero-order valence-electron chi connectivity index (χ0n) is 9.97. The molecule has 1 rings (SSSR count). The number of hydrogen-bond acceptors (Lipinski definition) is 5. The monoisotopic (exact) mass is 226 g/mol. The third-order valence-electron chi connectivity index (χ3n) is 2.15. The van der Waals surface area contributed by atoms with Gasteiger partial charge in [-0.25, -0.2) is 9.97 Å². The molecule has 0 aliphatic rings. The standard InChI is InChI=1S/C11H18N2O3/c1-14-8-4-5-10-12-7-6-9(13-10)11(15-2)16-3/h6-7,11H,4-5,8H2,1-3H3. The topological polar surface area (TPSA) is 53.5 Å². The molecule has 0 aromatic carbocycles. The molecule has 1 aromatic heterocycles. The van der Waals surface area contributed by atoms with E-state index in [-0.39, 0.29) is 0 Å². The molecule has 0 unspecified atom stereocenters. The Kier molecular flexibility index (Phi) is 5.92. The van der Waals surface area contributed by atoms with E-state index in [9.17, 15) is 0 Å². The Labute approximate surface area is 95.8 Å². The van der Waals surface area contributed by atoms with E-state index < -0.39 is 6.29 Å². The Morgan fingerprint density at radius 2 is 2.00 bits per heavy atom. The quantitative estimate of drug-likeness (QED) is 0.519. The van der Waals surface area contributed by atoms with E-state index in [1.165, 1.54) is 0 Å². The molecule has 0 aliphatic heterocycles. The first-order chi connectivity index (χ1) is 7.81. The summed E-state index contributed by atoms with van der Waals surface area (Å²) >= 11 is 0. The summed E-state index contributed by atoms with van der Waals surface area (Å²) in [5, 5.41) is 0. The molecule has 90 valence electrons. The Bertz CT molecular complexity index is 303. The molecular formula is C11H18N2O3. The van der Waals surface area contributed by atoms with Crippen LogP contribution in [0.15, 0.2) is 12.3 Å². The van der Waals surface area contributed by atoms with Crippen LogP contribution in [0.25, 0.3) is 0 Å². The molecule has 0 radical (unpaired) electrons. The second-order valence-corrected chi connectivity index (χ2v) is 3.30. The van der Waals surface area contributed by atoms with E-state index >= 15 is 0 Å². The van der Waals surface area contributed by atoms with Crippen LogP contribution in [-0.4, -0.2) is 37.9 Å². The smallest absolute Gasteiger partial charge is 0.200 e. The van der Waals surface area contributed by atoms with Crippen molar-refractivity contribution in [1.82, 2.24) is 9.97 Å². The number of aryl methyl sites for hydroxylation is 1. The van der Waals surface area contributed by atoms with Gasteiger partial charge in [0.05, 0.1) is 5.69 Å². The van der Waals surface area contributed by atoms with Gasteiger partial charge in [-0.15, -0.1) is 0 Å². The van der Waals surface area contributed by atoms with Crippen LogP contribution in [0, 0.1) is 0 Å². The highest BCUT2D eigenvalue weighted by atomic mass is 16.7. The van der Waals surface area contributed by atoms with Gasteiger partial charge in [-0.05, 0) is 12.5 Å². The molecule has 5 nitrogen and oxygen atoms in total. The SMILES string of the molecule is COCCCc1nccc(C(OC)OC)n1. The molecule has 0 spiro atoms. The first-order valence-corrected chi connectivity index (χ1v) is 5.18. The number of nitrogens with zero attached hydrogens (tertiary/aromatic N) is 2. The van der Waals surface area contributed by atoms with Crippen molar-refractivity contribution < 1.29 is 14.2 Å². The van der Waals surface area contributed by atoms with Crippen LogP contribution in [0.3, 0.4) is 0 Å². The molecule has 0 fully saturated rings. The van der Waals surface area contributed by atoms with Crippen LogP contribution in [0.1, 0.15) is 24.2 Å². The average molecular weight is 226 g/mol. The Morgan fingerprint density at radius 3 is 2.62 bits per heavy atom. The average Bonchev–Trinajstić information content (AvgIpc) is 2.32. The summed E-state index contributed by atoms with van der Waals surface area (Å²) in [5.74, 6) is 0.786. The van der Waals surface area contributed by atoms with Crippen molar-refractivity contribution >= 4 is 0 Å². The highest BCUT2D eigenvalue weighted by Crippen LogP contribution is 2.14. The van der Waals surface area contributed by atoms with Crippen molar-refractivity contribution in [2.24, 2.45) is 0 Å². The van der Waals surface area contributed by atoms with Crippen molar-refractivity contribution in [3.63, 3.8) is 0 Å². The molecule has 16 heavy (non-hydrogen) atoms. The van der Waals surface area contributed by atoms with Gasteiger partial charge in [-0.3, -0.25) is 0 Å². The van der Waals surface area contributed by atoms with Crippen molar-refractivity contribution in [2.45, 2.75) is 19.1 Å². The summed E-state index contributed by atoms with van der Waals surface area (Å²) in [6.07, 6.45) is 2.99. The summed E-state index contributed by atoms with van der Waals surface area (Å²) in [6.45, 7) is 0.714. The van der Waals surface area contributed by atoms with Crippen molar-refractivity contribution in [2.75, 3.05) is 27.9 Å². The maximum atomic E-state index is 5.13. The lowest BCUT2D eigenvalue weighted by Crippen LogP contribution is -2.08. The van der Waals surface area contributed by atoms with Gasteiger partial charge in [-0.2, -0.15) is 0 Å². The molecule has 1 heterocycles. The fraction of sp³-hybridized carbons (Fsp3) is 0.636. The van der Waals surface area contributed by atoms with Gasteiger partial charge in [0.25, 0.3) is 0 Å². The van der Waals surface area contributed by atoms with Crippen LogP contribution < -0.4 is 0 Å². The maximum Gasteiger partial charge on any atom is 0.200 e. The maximum absolute atomic E-state index is 5.13. The molecule has 0 amide bonds. The Balaban J connectivity index is 2.62. The molecule has 0 saturated carbocycles. The minimum atomic E-state index is -0.427. The van der Waals surface area contributed by atoms with Crippen molar-refractivity contribution in [3.8, 4) is 0 Å². The third kappa shape index (κ3) is 3.84. The Morgan fingerprint density at radius 1 is 1.25 bits per heavy atom. The predicted octanol–water partition coefficient (Wildman–Crippen LogP) is 1.35. The Hall–Kier alpha value is -1.04. The van der Waals surface area contributed by atoms with E-state index in [0.717, 1.165) is 24.4 Å². The summed E-state index contributed by atoms with van der Waals surface area (Å²) in [6, 6.07) is 1.79. The number of methoxy groups -OCH3 is 3. The van der Waals surface area contributed by atoms with Crippen LogP contribution in [0.5, 0.6) is 0 Å². The van der Waals surface area contributed by atoms with E-state index in [1.807, 2.05) is 0 Å². The summed E-state index contributed by atoms with van der Waals surface area (Å²) in [7, 11) is 4.85. The molecule has 0 bridgehead atoms. The highest BCUT2D eigenvalue weighted by molar-refractivity contribution is 5.04. The number of ether oxygens (including phenoxy) is 3. The van der Waals surface area contributed by atoms with Gasteiger partial charge in [0.15, 0.2) is 0 Å². The lowest BCUT2D eigenvalue weighted by atomic mass is 10.3. The predicted molar refractivity (Wildman–Crippen MR) is 59.0 cm³/mol. The van der Waals surface area contributed by atoms with E-state index in [1.54, 1.807) is 33.6 Å². The van der Waals surface area contributed by atoms with Crippen LogP contribution in [-0.2, 0) is 20.6 Å². The fourth-order valence-corrected chi connectivity index (χ4v) is 1.38. The van der Waals surface area contributed by atoms with Crippen molar-refractivity contribution in [3.05, 3.63) is 23.8 Å². The fourth-order valence-electron chi connectivity index (χ4n) is 1.38. The molecule has 0 aliphatic carbocycles. The van der Waals surface area contributed by atoms with Crippen LogP contribution >= 0.6 is 0 Å². The minimum Gasteiger partial charge on any atom is -0.385 e. The molecule has 1 aromatic rings. The molecule has 0 saturated heterocycles. The van der Waals surface area contributed by atoms with E-state index in [0.29, 0.717) is 6.61 Å². The lowest BCUT2D eigenvalue weighted by molar-refractivity contribution is -0.108. The first kappa shape index (κ1) is 13.0. The molecule has 0 N–H and O–H groups in total. The third-order valence-corrected chi connectivity index (χ3v) is 2.15. The first-order valence-electron chi connectivity index (χ1n) is 5.18. The van der Waals surface area contributed by atoms with E-state index in [2.05, 4.69) is 9.97 Å². The summed E-state index contributed by atoms with van der Waals surface area (Å²) < 4.78 is 15.2. The van der Waals surface area contributed by atoms with Gasteiger partial charge < -0.3 is 14.2 Å². The van der Waals surface area contributed by atoms with Gasteiger partial charge >= 0.3 is 0 Å². The minimum absolute atomic E-state index is 0.427. The van der Waals surface area contributed by atoms with Gasteiger partial charge in [0.1, 0.15) is 5.82 Å². The molecule has 5 heteroatoms. The van der Waals surface area contributed by atoms with Crippen LogP contribution in [0.4, 0.5) is 0 Å². The van der Waals surface area contributed by atoms with Gasteiger partial charge in [-0.1, -0.05) is 0 Å². The second kappa shape index (κ2) is 7.27. The highest BCUT2D eigenvalue weighted by Gasteiger charge is 2.11. The summed E-state index contributed by atoms with van der Waals surface area (Å²) in [4.78, 5) is 8.55. The molecule has 0 atom stereocenters. The summed E-state index contributed by atoms with van der Waals surface area (Å²) in [5.41, 5.74) is 0.743. The van der Waals surface area contributed by atoms with Crippen molar-refractivity contribution in [1.29, 1.82) is 0 Å². The number of aromatic nitrogens is 2. The molecular weight excluding hydrogens is 208 g/mol. The second-order valence-electron chi connectivity index (χ2n) is 3.30. The van der Waals surface area contributed by atoms with Crippen LogP contribution in [0.2, 0.25) is 0 Å². The van der Waals surface area contributed by atoms with Gasteiger partial charge in [0, 0.05) is 40.6 Å². The normalized spacial score (nSPS) is 11.0. The van der Waals surface area contributed by atoms with E-state index in [4.69, 9.17) is 14.2 Å².